The Bertz CT molecular complexity index is 1400. The first-order valence-electron chi connectivity index (χ1n) is 10.6. The number of nitrogens with zero attached hydrogens (tertiary/aromatic N) is 2. The predicted octanol–water partition coefficient (Wildman–Crippen LogP) is 6.33. The van der Waals surface area contributed by atoms with Crippen LogP contribution in [0.1, 0.15) is 54.9 Å². The Morgan fingerprint density at radius 2 is 1.94 bits per heavy atom. The molecule has 4 nitrogen and oxygen atoms in total. The van der Waals surface area contributed by atoms with Crippen molar-refractivity contribution < 1.29 is 18.0 Å². The number of benzene rings is 2. The van der Waals surface area contributed by atoms with Crippen molar-refractivity contribution in [2.75, 3.05) is 5.32 Å². The van der Waals surface area contributed by atoms with E-state index in [2.05, 4.69) is 10.3 Å². The Hall–Kier alpha value is -3.66. The van der Waals surface area contributed by atoms with Crippen LogP contribution < -0.4 is 5.32 Å². The lowest BCUT2D eigenvalue weighted by molar-refractivity contribution is -0.137. The molecule has 7 heteroatoms. The van der Waals surface area contributed by atoms with Crippen LogP contribution in [0.25, 0.3) is 10.9 Å². The fourth-order valence-electron chi connectivity index (χ4n) is 5.09. The van der Waals surface area contributed by atoms with E-state index < -0.39 is 23.2 Å². The van der Waals surface area contributed by atoms with E-state index in [0.29, 0.717) is 29.5 Å². The smallest absolute Gasteiger partial charge is 0.358 e. The summed E-state index contributed by atoms with van der Waals surface area (Å²) in [5.41, 5.74) is 2.06. The highest BCUT2D eigenvalue weighted by Crippen LogP contribution is 2.51. The van der Waals surface area contributed by atoms with E-state index >= 15 is 0 Å². The molecule has 0 spiro atoms. The number of alkyl halides is 3. The molecule has 2 aromatic carbocycles. The fourth-order valence-corrected chi connectivity index (χ4v) is 5.09. The first-order chi connectivity index (χ1) is 15.6. The number of rotatable bonds is 1. The van der Waals surface area contributed by atoms with Crippen LogP contribution in [0, 0.1) is 16.7 Å². The SMILES string of the molecule is CC1(C)CC(=O)C2=C(C1)Nc1ccc3ncccc3c1C2c1ccc(C#N)c(C(F)(F)F)c1. The van der Waals surface area contributed by atoms with Gasteiger partial charge in [0, 0.05) is 40.9 Å². The molecule has 0 fully saturated rings. The van der Waals surface area contributed by atoms with Crippen molar-refractivity contribution >= 4 is 22.4 Å². The highest BCUT2D eigenvalue weighted by Gasteiger charge is 2.42. The van der Waals surface area contributed by atoms with Gasteiger partial charge in [-0.05, 0) is 53.3 Å². The van der Waals surface area contributed by atoms with Crippen LogP contribution in [0.2, 0.25) is 0 Å². The van der Waals surface area contributed by atoms with Gasteiger partial charge >= 0.3 is 6.18 Å². The second kappa shape index (κ2) is 7.17. The first-order valence-corrected chi connectivity index (χ1v) is 10.6. The number of carbonyl (C=O) groups is 1. The number of nitriles is 1. The highest BCUT2D eigenvalue weighted by molar-refractivity contribution is 6.04. The van der Waals surface area contributed by atoms with Gasteiger partial charge in [0.15, 0.2) is 5.78 Å². The van der Waals surface area contributed by atoms with Crippen LogP contribution in [0.5, 0.6) is 0 Å². The molecule has 1 aliphatic heterocycles. The summed E-state index contributed by atoms with van der Waals surface area (Å²) >= 11 is 0. The van der Waals surface area contributed by atoms with E-state index in [-0.39, 0.29) is 11.2 Å². The average molecular weight is 447 g/mol. The topological polar surface area (TPSA) is 65.8 Å². The summed E-state index contributed by atoms with van der Waals surface area (Å²) in [5, 5.41) is 13.4. The zero-order valence-electron chi connectivity index (χ0n) is 18.0. The third-order valence-corrected chi connectivity index (χ3v) is 6.41. The molecule has 0 radical (unpaired) electrons. The van der Waals surface area contributed by atoms with Crippen molar-refractivity contribution in [1.82, 2.24) is 4.98 Å². The van der Waals surface area contributed by atoms with Gasteiger partial charge in [-0.1, -0.05) is 26.0 Å². The second-order valence-corrected chi connectivity index (χ2v) is 9.40. The summed E-state index contributed by atoms with van der Waals surface area (Å²) in [6.07, 6.45) is -2.11. The number of aromatic nitrogens is 1. The molecule has 0 saturated carbocycles. The number of halogens is 3. The minimum Gasteiger partial charge on any atom is -0.358 e. The van der Waals surface area contributed by atoms with Crippen molar-refractivity contribution in [3.05, 3.63) is 82.2 Å². The van der Waals surface area contributed by atoms with Gasteiger partial charge in [0.2, 0.25) is 0 Å². The molecular formula is C26H20F3N3O. The van der Waals surface area contributed by atoms with Crippen LogP contribution in [0.4, 0.5) is 18.9 Å². The summed E-state index contributed by atoms with van der Waals surface area (Å²) in [5.74, 6) is -0.773. The molecule has 1 atom stereocenters. The van der Waals surface area contributed by atoms with E-state index in [0.717, 1.165) is 28.4 Å². The quantitative estimate of drug-likeness (QED) is 0.474. The molecule has 2 heterocycles. The molecule has 0 amide bonds. The van der Waals surface area contributed by atoms with Gasteiger partial charge in [0.25, 0.3) is 0 Å². The number of nitrogens with one attached hydrogen (secondary N) is 1. The lowest BCUT2D eigenvalue weighted by Gasteiger charge is -2.40. The normalized spacial score (nSPS) is 19.5. The molecule has 1 unspecified atom stereocenters. The number of hydrogen-bond acceptors (Lipinski definition) is 4. The molecule has 1 aromatic heterocycles. The van der Waals surface area contributed by atoms with Crippen LogP contribution in [-0.2, 0) is 11.0 Å². The minimum absolute atomic E-state index is 0.0804. The van der Waals surface area contributed by atoms with Crippen molar-refractivity contribution in [2.24, 2.45) is 5.41 Å². The molecule has 166 valence electrons. The zero-order chi connectivity index (χ0) is 23.5. The lowest BCUT2D eigenvalue weighted by Crippen LogP contribution is -2.34. The van der Waals surface area contributed by atoms with Gasteiger partial charge in [0.1, 0.15) is 0 Å². The minimum atomic E-state index is -4.69. The van der Waals surface area contributed by atoms with Gasteiger partial charge < -0.3 is 5.32 Å². The van der Waals surface area contributed by atoms with Crippen LogP contribution in [-0.4, -0.2) is 10.8 Å². The maximum atomic E-state index is 13.8. The molecule has 3 aromatic rings. The number of ketones is 1. The van der Waals surface area contributed by atoms with Gasteiger partial charge in [0.05, 0.1) is 22.7 Å². The van der Waals surface area contributed by atoms with Gasteiger partial charge in [-0.3, -0.25) is 9.78 Å². The molecule has 0 saturated heterocycles. The fraction of sp³-hybridized carbons (Fsp3) is 0.269. The number of fused-ring (bicyclic) bond motifs is 3. The van der Waals surface area contributed by atoms with Crippen molar-refractivity contribution in [3.8, 4) is 6.07 Å². The Balaban J connectivity index is 1.83. The molecule has 1 aliphatic carbocycles. The molecule has 1 N–H and O–H groups in total. The number of hydrogen-bond donors (Lipinski definition) is 1. The largest absolute Gasteiger partial charge is 0.417 e. The summed E-state index contributed by atoms with van der Waals surface area (Å²) in [4.78, 5) is 17.8. The van der Waals surface area contributed by atoms with Gasteiger partial charge in [-0.25, -0.2) is 0 Å². The monoisotopic (exact) mass is 447 g/mol. The van der Waals surface area contributed by atoms with E-state index in [4.69, 9.17) is 0 Å². The van der Waals surface area contributed by atoms with E-state index in [1.165, 1.54) is 12.1 Å². The first kappa shape index (κ1) is 21.2. The summed E-state index contributed by atoms with van der Waals surface area (Å²) in [7, 11) is 0. The average Bonchev–Trinajstić information content (AvgIpc) is 2.75. The summed E-state index contributed by atoms with van der Waals surface area (Å²) in [6, 6.07) is 12.7. The molecule has 5 rings (SSSR count). The van der Waals surface area contributed by atoms with E-state index in [1.54, 1.807) is 18.3 Å². The lowest BCUT2D eigenvalue weighted by atomic mass is 9.68. The standard InChI is InChI=1S/C26H20F3N3O/c1-25(2)11-20-24(21(33)12-25)22(14-5-6-15(13-30)17(10-14)26(27,28)29)23-16-4-3-9-31-18(16)7-8-19(23)32-20/h3-10,22,32H,11-12H2,1-2H3. The number of anilines is 1. The summed E-state index contributed by atoms with van der Waals surface area (Å²) < 4.78 is 41.4. The van der Waals surface area contributed by atoms with Crippen molar-refractivity contribution in [3.63, 3.8) is 0 Å². The predicted molar refractivity (Wildman–Crippen MR) is 118 cm³/mol. The second-order valence-electron chi connectivity index (χ2n) is 9.40. The molecular weight excluding hydrogens is 427 g/mol. The molecule has 0 bridgehead atoms. The maximum absolute atomic E-state index is 13.8. The van der Waals surface area contributed by atoms with Crippen molar-refractivity contribution in [2.45, 2.75) is 38.8 Å². The maximum Gasteiger partial charge on any atom is 0.417 e. The van der Waals surface area contributed by atoms with E-state index in [9.17, 15) is 23.2 Å². The van der Waals surface area contributed by atoms with Gasteiger partial charge in [-0.15, -0.1) is 0 Å². The number of carbonyl (C=O) groups excluding carboxylic acids is 1. The number of Topliss-reactive ketones (excluding diaryl/α,β-unsaturated/α-hetero) is 1. The molecule has 33 heavy (non-hydrogen) atoms. The number of allylic oxidation sites excluding steroid dienone is 2. The zero-order valence-corrected chi connectivity index (χ0v) is 18.0. The summed E-state index contributed by atoms with van der Waals surface area (Å²) in [6.45, 7) is 4.02. The van der Waals surface area contributed by atoms with Crippen LogP contribution in [0.15, 0.2) is 59.9 Å². The Labute approximate surface area is 188 Å². The highest BCUT2D eigenvalue weighted by atomic mass is 19.4. The molecule has 2 aliphatic rings. The van der Waals surface area contributed by atoms with E-state index in [1.807, 2.05) is 32.0 Å². The Morgan fingerprint density at radius 3 is 2.67 bits per heavy atom. The number of pyridine rings is 1. The Kier molecular flexibility index (Phi) is 4.61. The Morgan fingerprint density at radius 1 is 1.15 bits per heavy atom. The van der Waals surface area contributed by atoms with Gasteiger partial charge in [-0.2, -0.15) is 18.4 Å². The van der Waals surface area contributed by atoms with Crippen molar-refractivity contribution in [1.29, 1.82) is 5.26 Å². The van der Waals surface area contributed by atoms with Crippen LogP contribution in [0.3, 0.4) is 0 Å². The third kappa shape index (κ3) is 3.46. The third-order valence-electron chi connectivity index (χ3n) is 6.41. The van der Waals surface area contributed by atoms with Crippen LogP contribution >= 0.6 is 0 Å².